The van der Waals surface area contributed by atoms with Crippen molar-refractivity contribution in [3.63, 3.8) is 0 Å². The number of likely N-dealkylation sites (tertiary alicyclic amines) is 1. The molecule has 50 heavy (non-hydrogen) atoms. The topological polar surface area (TPSA) is 142 Å². The lowest BCUT2D eigenvalue weighted by molar-refractivity contribution is -0.137. The SMILES string of the molecule is CC(=O)N[C@@H](CN[C@@H](CCCCN)C(=O)N[C@H](Cc1c[nH]c2ccccc12)C(=O)N1CCC(c2ccccc2)CC1)COCc1ccccc1. The number of aromatic amines is 1. The van der Waals surface area contributed by atoms with Crippen molar-refractivity contribution in [2.24, 2.45) is 5.73 Å². The first kappa shape index (κ1) is 36.8. The molecular weight excluding hydrogens is 628 g/mol. The average Bonchev–Trinajstić information content (AvgIpc) is 3.55. The van der Waals surface area contributed by atoms with E-state index in [9.17, 15) is 14.4 Å². The van der Waals surface area contributed by atoms with Crippen LogP contribution in [0.3, 0.4) is 0 Å². The number of hydrogen-bond donors (Lipinski definition) is 5. The van der Waals surface area contributed by atoms with E-state index >= 15 is 0 Å². The Hall–Kier alpha value is -4.51. The van der Waals surface area contributed by atoms with Crippen LogP contribution in [0, 0.1) is 0 Å². The molecule has 6 N–H and O–H groups in total. The van der Waals surface area contributed by atoms with Gasteiger partial charge in [0, 0.05) is 50.1 Å². The second kappa shape index (κ2) is 19.0. The Morgan fingerprint density at radius 1 is 0.900 bits per heavy atom. The van der Waals surface area contributed by atoms with Crippen LogP contribution >= 0.6 is 0 Å². The molecule has 5 rings (SSSR count). The molecule has 266 valence electrons. The number of ether oxygens (including phenoxy) is 1. The van der Waals surface area contributed by atoms with E-state index in [1.165, 1.54) is 12.5 Å². The zero-order chi connectivity index (χ0) is 35.1. The molecule has 0 unspecified atom stereocenters. The third kappa shape index (κ3) is 10.7. The molecule has 1 aliphatic rings. The number of aromatic nitrogens is 1. The fourth-order valence-corrected chi connectivity index (χ4v) is 6.81. The van der Waals surface area contributed by atoms with E-state index in [0.29, 0.717) is 51.5 Å². The molecule has 0 saturated carbocycles. The summed E-state index contributed by atoms with van der Waals surface area (Å²) in [5.74, 6) is -0.0802. The van der Waals surface area contributed by atoms with Gasteiger partial charge in [0.05, 0.1) is 25.3 Å². The van der Waals surface area contributed by atoms with Gasteiger partial charge in [0.2, 0.25) is 17.7 Å². The number of nitrogens with one attached hydrogen (secondary N) is 4. The van der Waals surface area contributed by atoms with Crippen LogP contribution in [0.25, 0.3) is 10.9 Å². The highest BCUT2D eigenvalue weighted by atomic mass is 16.5. The van der Waals surface area contributed by atoms with Gasteiger partial charge >= 0.3 is 0 Å². The maximum absolute atomic E-state index is 14.2. The molecule has 0 radical (unpaired) electrons. The van der Waals surface area contributed by atoms with Crippen molar-refractivity contribution < 1.29 is 19.1 Å². The van der Waals surface area contributed by atoms with Crippen LogP contribution in [0.1, 0.15) is 61.6 Å². The smallest absolute Gasteiger partial charge is 0.245 e. The minimum atomic E-state index is -0.742. The lowest BCUT2D eigenvalue weighted by Gasteiger charge is -2.35. The van der Waals surface area contributed by atoms with Gasteiger partial charge in [-0.3, -0.25) is 14.4 Å². The van der Waals surface area contributed by atoms with E-state index in [-0.39, 0.29) is 30.4 Å². The molecule has 10 heteroatoms. The number of fused-ring (bicyclic) bond motifs is 1. The summed E-state index contributed by atoms with van der Waals surface area (Å²) in [5.41, 5.74) is 10.1. The molecule has 3 aromatic carbocycles. The monoisotopic (exact) mass is 680 g/mol. The molecule has 0 aliphatic carbocycles. The summed E-state index contributed by atoms with van der Waals surface area (Å²) >= 11 is 0. The molecular formula is C40H52N6O4. The van der Waals surface area contributed by atoms with Crippen molar-refractivity contribution in [1.82, 2.24) is 25.8 Å². The van der Waals surface area contributed by atoms with Crippen LogP contribution < -0.4 is 21.7 Å². The molecule has 0 spiro atoms. The predicted octanol–water partition coefficient (Wildman–Crippen LogP) is 4.41. The summed E-state index contributed by atoms with van der Waals surface area (Å²) in [7, 11) is 0. The number of amides is 3. The van der Waals surface area contributed by atoms with Gasteiger partial charge in [-0.15, -0.1) is 0 Å². The van der Waals surface area contributed by atoms with Crippen molar-refractivity contribution in [1.29, 1.82) is 0 Å². The molecule has 10 nitrogen and oxygen atoms in total. The highest BCUT2D eigenvalue weighted by Crippen LogP contribution is 2.28. The first-order chi connectivity index (χ1) is 24.4. The number of para-hydroxylation sites is 1. The number of benzene rings is 3. The molecule has 3 atom stereocenters. The van der Waals surface area contributed by atoms with E-state index in [4.69, 9.17) is 10.5 Å². The number of rotatable bonds is 18. The highest BCUT2D eigenvalue weighted by molar-refractivity contribution is 5.91. The fourth-order valence-electron chi connectivity index (χ4n) is 6.81. The third-order valence-electron chi connectivity index (χ3n) is 9.50. The van der Waals surface area contributed by atoms with Crippen molar-refractivity contribution in [2.75, 3.05) is 32.8 Å². The van der Waals surface area contributed by atoms with Crippen LogP contribution in [0.5, 0.6) is 0 Å². The first-order valence-corrected chi connectivity index (χ1v) is 17.9. The Morgan fingerprint density at radius 2 is 1.60 bits per heavy atom. The number of H-pyrrole nitrogens is 1. The van der Waals surface area contributed by atoms with Gasteiger partial charge in [0.1, 0.15) is 6.04 Å². The van der Waals surface area contributed by atoms with Crippen molar-refractivity contribution in [3.05, 3.63) is 108 Å². The van der Waals surface area contributed by atoms with Gasteiger partial charge < -0.3 is 36.3 Å². The summed E-state index contributed by atoms with van der Waals surface area (Å²) < 4.78 is 5.94. The van der Waals surface area contributed by atoms with E-state index in [1.54, 1.807) is 0 Å². The quantitative estimate of drug-likeness (QED) is 0.0987. The number of carbonyl (C=O) groups excluding carboxylic acids is 3. The number of piperidine rings is 1. The summed E-state index contributed by atoms with van der Waals surface area (Å²) in [6, 6.07) is 26.6. The van der Waals surface area contributed by atoms with Crippen LogP contribution in [0.2, 0.25) is 0 Å². The molecule has 1 aliphatic heterocycles. The minimum Gasteiger partial charge on any atom is -0.375 e. The summed E-state index contributed by atoms with van der Waals surface area (Å²) in [4.78, 5) is 45.6. The second-order valence-electron chi connectivity index (χ2n) is 13.3. The number of hydrogen-bond acceptors (Lipinski definition) is 6. The van der Waals surface area contributed by atoms with Gasteiger partial charge in [0.15, 0.2) is 0 Å². The van der Waals surface area contributed by atoms with E-state index in [2.05, 4.69) is 45.2 Å². The van der Waals surface area contributed by atoms with Crippen molar-refractivity contribution in [3.8, 4) is 0 Å². The van der Waals surface area contributed by atoms with Crippen molar-refractivity contribution >= 4 is 28.6 Å². The summed E-state index contributed by atoms with van der Waals surface area (Å²) in [5, 5.41) is 10.5. The van der Waals surface area contributed by atoms with Gasteiger partial charge in [-0.05, 0) is 60.9 Å². The lowest BCUT2D eigenvalue weighted by Crippen LogP contribution is -2.56. The summed E-state index contributed by atoms with van der Waals surface area (Å²) in [6.45, 7) is 4.28. The number of unbranched alkanes of at least 4 members (excludes halogenated alkanes) is 1. The number of nitrogens with two attached hydrogens (primary N) is 1. The van der Waals surface area contributed by atoms with E-state index in [0.717, 1.165) is 47.7 Å². The first-order valence-electron chi connectivity index (χ1n) is 17.9. The molecule has 1 fully saturated rings. The highest BCUT2D eigenvalue weighted by Gasteiger charge is 2.32. The van der Waals surface area contributed by atoms with Crippen LogP contribution in [0.15, 0.2) is 91.1 Å². The lowest BCUT2D eigenvalue weighted by atomic mass is 9.89. The maximum Gasteiger partial charge on any atom is 0.245 e. The molecule has 0 bridgehead atoms. The number of carbonyl (C=O) groups is 3. The van der Waals surface area contributed by atoms with Gasteiger partial charge in [-0.1, -0.05) is 85.3 Å². The van der Waals surface area contributed by atoms with E-state index in [1.807, 2.05) is 71.8 Å². The second-order valence-corrected chi connectivity index (χ2v) is 13.3. The minimum absolute atomic E-state index is 0.0683. The van der Waals surface area contributed by atoms with Gasteiger partial charge in [-0.25, -0.2) is 0 Å². The van der Waals surface area contributed by atoms with E-state index < -0.39 is 12.1 Å². The normalized spacial score (nSPS) is 15.4. The molecule has 3 amide bonds. The fraction of sp³-hybridized carbons (Fsp3) is 0.425. The van der Waals surface area contributed by atoms with Crippen LogP contribution in [0.4, 0.5) is 0 Å². The third-order valence-corrected chi connectivity index (χ3v) is 9.50. The average molecular weight is 681 g/mol. The Bertz CT molecular complexity index is 1640. The van der Waals surface area contributed by atoms with Crippen molar-refractivity contribution in [2.45, 2.75) is 76.1 Å². The van der Waals surface area contributed by atoms with Gasteiger partial charge in [-0.2, -0.15) is 0 Å². The zero-order valence-electron chi connectivity index (χ0n) is 29.1. The zero-order valence-corrected chi connectivity index (χ0v) is 29.1. The maximum atomic E-state index is 14.2. The Labute approximate surface area is 295 Å². The molecule has 1 aromatic heterocycles. The largest absolute Gasteiger partial charge is 0.375 e. The number of nitrogens with zero attached hydrogens (tertiary/aromatic N) is 1. The molecule has 1 saturated heterocycles. The molecule has 4 aromatic rings. The van der Waals surface area contributed by atoms with Crippen LogP contribution in [-0.2, 0) is 32.1 Å². The Morgan fingerprint density at radius 3 is 2.32 bits per heavy atom. The molecule has 2 heterocycles. The summed E-state index contributed by atoms with van der Waals surface area (Å²) in [6.07, 6.45) is 6.11. The Balaban J connectivity index is 1.28. The Kier molecular flexibility index (Phi) is 14.0. The standard InChI is InChI=1S/C40H52N6O4/c1-29(47)44-34(28-50-27-30-12-4-2-5-13-30)26-43-37(18-10-11-21-41)39(48)45-38(24-33-25-42-36-17-9-8-16-35(33)36)40(49)46-22-19-32(20-23-46)31-14-6-3-7-15-31/h2-9,12-17,25,32,34,37-38,42-43H,10-11,18-24,26-28,41H2,1H3,(H,44,47)(H,45,48)/t34-,37-,38+/m0/s1. The predicted molar refractivity (Wildman–Crippen MR) is 197 cm³/mol. The van der Waals surface area contributed by atoms with Gasteiger partial charge in [0.25, 0.3) is 0 Å². The van der Waals surface area contributed by atoms with Crippen LogP contribution in [-0.4, -0.2) is 78.5 Å².